The van der Waals surface area contributed by atoms with Crippen LogP contribution in [0.2, 0.25) is 0 Å². The number of sulfonamides is 1. The average Bonchev–Trinajstić information content (AvgIpc) is 3.29. The fourth-order valence-corrected chi connectivity index (χ4v) is 7.04. The van der Waals surface area contributed by atoms with E-state index >= 15 is 0 Å². The van der Waals surface area contributed by atoms with Crippen LogP contribution < -0.4 is 9.54 Å². The van der Waals surface area contributed by atoms with Crippen molar-refractivity contribution in [3.63, 3.8) is 0 Å². The normalized spacial score (nSPS) is 14.3. The highest BCUT2D eigenvalue weighted by Crippen LogP contribution is 2.28. The Labute approximate surface area is 230 Å². The number of hydrogen-bond acceptors (Lipinski definition) is 7. The molecule has 0 saturated heterocycles. The third-order valence-corrected chi connectivity index (χ3v) is 9.41. The second-order valence-electron chi connectivity index (χ2n) is 8.88. The lowest BCUT2D eigenvalue weighted by Crippen LogP contribution is -2.35. The zero-order valence-corrected chi connectivity index (χ0v) is 23.1. The lowest BCUT2D eigenvalue weighted by atomic mass is 10.0. The van der Waals surface area contributed by atoms with Crippen LogP contribution in [0.1, 0.15) is 28.4 Å². The predicted octanol–water partition coefficient (Wildman–Crippen LogP) is 3.76. The quantitative estimate of drug-likeness (QED) is 0.316. The molecule has 0 radical (unpaired) electrons. The number of hydrogen-bond donors (Lipinski definition) is 0. The minimum absolute atomic E-state index is 0.113. The molecule has 3 aromatic carbocycles. The van der Waals surface area contributed by atoms with Crippen LogP contribution >= 0.6 is 11.3 Å². The third kappa shape index (κ3) is 5.38. The molecule has 4 aromatic rings. The van der Waals surface area contributed by atoms with Crippen molar-refractivity contribution in [2.24, 2.45) is 4.99 Å². The van der Waals surface area contributed by atoms with E-state index in [9.17, 15) is 18.0 Å². The molecule has 5 rings (SSSR count). The van der Waals surface area contributed by atoms with E-state index < -0.39 is 21.9 Å². The van der Waals surface area contributed by atoms with Gasteiger partial charge in [0.05, 0.1) is 23.3 Å². The summed E-state index contributed by atoms with van der Waals surface area (Å²) < 4.78 is 41.0. The van der Waals surface area contributed by atoms with Gasteiger partial charge < -0.3 is 14.0 Å². The smallest absolute Gasteiger partial charge is 0.326 e. The first-order valence-electron chi connectivity index (χ1n) is 12.4. The largest absolute Gasteiger partial charge is 0.495 e. The minimum atomic E-state index is -3.73. The molecule has 0 aliphatic carbocycles. The van der Waals surface area contributed by atoms with Crippen molar-refractivity contribution in [2.75, 3.05) is 20.3 Å². The number of thiazole rings is 1. The fraction of sp³-hybridized carbons (Fsp3) is 0.250. The molecule has 2 heterocycles. The van der Waals surface area contributed by atoms with Gasteiger partial charge in [0.1, 0.15) is 17.8 Å². The van der Waals surface area contributed by atoms with Crippen molar-refractivity contribution >= 4 is 43.5 Å². The van der Waals surface area contributed by atoms with E-state index in [1.807, 2.05) is 36.4 Å². The number of rotatable bonds is 7. The maximum absolute atomic E-state index is 13.3. The van der Waals surface area contributed by atoms with E-state index in [2.05, 4.69) is 4.99 Å². The van der Waals surface area contributed by atoms with E-state index in [0.29, 0.717) is 35.6 Å². The Bertz CT molecular complexity index is 1720. The lowest BCUT2D eigenvalue weighted by Gasteiger charge is -2.28. The summed E-state index contributed by atoms with van der Waals surface area (Å²) in [7, 11) is -2.20. The fourth-order valence-electron chi connectivity index (χ4n) is 4.57. The summed E-state index contributed by atoms with van der Waals surface area (Å²) in [6.07, 6.45) is 0.649. The number of carbonyl (C=O) groups is 2. The van der Waals surface area contributed by atoms with Crippen LogP contribution in [-0.4, -0.2) is 49.4 Å². The molecule has 1 aliphatic heterocycles. The summed E-state index contributed by atoms with van der Waals surface area (Å²) in [6.45, 7) is 2.51. The van der Waals surface area contributed by atoms with E-state index in [0.717, 1.165) is 15.8 Å². The molecule has 9 nitrogen and oxygen atoms in total. The molecule has 39 heavy (non-hydrogen) atoms. The Hall–Kier alpha value is -3.80. The van der Waals surface area contributed by atoms with Gasteiger partial charge in [-0.15, -0.1) is 0 Å². The number of ether oxygens (including phenoxy) is 2. The van der Waals surface area contributed by atoms with Gasteiger partial charge in [-0.3, -0.25) is 9.59 Å². The summed E-state index contributed by atoms with van der Waals surface area (Å²) in [6, 6.07) is 19.0. The van der Waals surface area contributed by atoms with Crippen LogP contribution in [-0.2, 0) is 39.1 Å². The Kier molecular flexibility index (Phi) is 7.65. The molecule has 0 atom stereocenters. The average molecular weight is 566 g/mol. The van der Waals surface area contributed by atoms with Crippen molar-refractivity contribution in [3.8, 4) is 5.75 Å². The highest BCUT2D eigenvalue weighted by Gasteiger charge is 2.28. The third-order valence-electron chi connectivity index (χ3n) is 6.51. The monoisotopic (exact) mass is 565 g/mol. The molecule has 1 amide bonds. The maximum Gasteiger partial charge on any atom is 0.326 e. The van der Waals surface area contributed by atoms with Gasteiger partial charge >= 0.3 is 5.97 Å². The molecule has 0 unspecified atom stereocenters. The Morgan fingerprint density at radius 3 is 2.46 bits per heavy atom. The van der Waals surface area contributed by atoms with Gasteiger partial charge in [-0.25, -0.2) is 8.42 Å². The van der Waals surface area contributed by atoms with Gasteiger partial charge in [0, 0.05) is 18.7 Å². The van der Waals surface area contributed by atoms with E-state index in [-0.39, 0.29) is 23.6 Å². The molecule has 0 bridgehead atoms. The predicted molar refractivity (Wildman–Crippen MR) is 147 cm³/mol. The zero-order valence-electron chi connectivity index (χ0n) is 21.5. The van der Waals surface area contributed by atoms with Gasteiger partial charge in [-0.2, -0.15) is 9.30 Å². The first kappa shape index (κ1) is 26.8. The second kappa shape index (κ2) is 11.1. The van der Waals surface area contributed by atoms with Crippen LogP contribution in [0.5, 0.6) is 5.75 Å². The number of carbonyl (C=O) groups excluding carboxylic acids is 2. The molecule has 0 saturated carbocycles. The Morgan fingerprint density at radius 2 is 1.74 bits per heavy atom. The van der Waals surface area contributed by atoms with Gasteiger partial charge in [0.15, 0.2) is 4.80 Å². The number of amides is 1. The summed E-state index contributed by atoms with van der Waals surface area (Å²) >= 11 is 1.24. The molecule has 11 heteroatoms. The lowest BCUT2D eigenvalue weighted by molar-refractivity contribution is -0.143. The van der Waals surface area contributed by atoms with E-state index in [1.54, 1.807) is 17.6 Å². The topological polar surface area (TPSA) is 107 Å². The van der Waals surface area contributed by atoms with Crippen LogP contribution in [0.3, 0.4) is 0 Å². The number of para-hydroxylation sites is 1. The van der Waals surface area contributed by atoms with Crippen molar-refractivity contribution in [1.82, 2.24) is 8.87 Å². The summed E-state index contributed by atoms with van der Waals surface area (Å²) in [5, 5.41) is 0. The van der Waals surface area contributed by atoms with E-state index in [4.69, 9.17) is 9.47 Å². The highest BCUT2D eigenvalue weighted by atomic mass is 32.2. The molecule has 202 valence electrons. The Balaban J connectivity index is 1.44. The highest BCUT2D eigenvalue weighted by molar-refractivity contribution is 7.89. The number of benzene rings is 3. The first-order valence-corrected chi connectivity index (χ1v) is 14.7. The van der Waals surface area contributed by atoms with Crippen LogP contribution in [0, 0.1) is 0 Å². The standard InChI is InChI=1S/C28H27N3O6S2/c1-3-37-25(32)18-31-26-23(36-2)9-6-10-24(26)38-28(31)29-27(33)20-11-13-22(14-12-20)39(34,35)30-16-15-19-7-4-5-8-21(19)17-30/h4-14H,3,15-18H2,1-2H3. The summed E-state index contributed by atoms with van der Waals surface area (Å²) in [5.41, 5.74) is 3.01. The second-order valence-corrected chi connectivity index (χ2v) is 11.8. The Morgan fingerprint density at radius 1 is 1.00 bits per heavy atom. The van der Waals surface area contributed by atoms with Crippen molar-refractivity contribution in [2.45, 2.75) is 31.3 Å². The van der Waals surface area contributed by atoms with Gasteiger partial charge in [-0.05, 0) is 60.9 Å². The minimum Gasteiger partial charge on any atom is -0.495 e. The molecule has 1 aliphatic rings. The number of aromatic nitrogens is 1. The van der Waals surface area contributed by atoms with Gasteiger partial charge in [0.25, 0.3) is 5.91 Å². The van der Waals surface area contributed by atoms with Crippen molar-refractivity contribution in [1.29, 1.82) is 0 Å². The molecular formula is C28H27N3O6S2. The zero-order chi connectivity index (χ0) is 27.6. The number of fused-ring (bicyclic) bond motifs is 2. The molecule has 0 N–H and O–H groups in total. The summed E-state index contributed by atoms with van der Waals surface area (Å²) in [5.74, 6) is -0.488. The number of esters is 1. The van der Waals surface area contributed by atoms with Gasteiger partial charge in [0.2, 0.25) is 10.0 Å². The number of methoxy groups -OCH3 is 1. The van der Waals surface area contributed by atoms with Crippen LogP contribution in [0.25, 0.3) is 10.2 Å². The van der Waals surface area contributed by atoms with Crippen molar-refractivity contribution < 1.29 is 27.5 Å². The molecule has 0 fully saturated rings. The maximum atomic E-state index is 13.3. The van der Waals surface area contributed by atoms with Gasteiger partial charge in [-0.1, -0.05) is 41.7 Å². The SMILES string of the molecule is CCOC(=O)Cn1c(=NC(=O)c2ccc(S(=O)(=O)N3CCc4ccccc4C3)cc2)sc2cccc(OC)c21. The first-order chi connectivity index (χ1) is 18.8. The van der Waals surface area contributed by atoms with Crippen LogP contribution in [0.15, 0.2) is 76.6 Å². The number of nitrogens with zero attached hydrogens (tertiary/aromatic N) is 3. The molecular weight excluding hydrogens is 538 g/mol. The molecule has 0 spiro atoms. The van der Waals surface area contributed by atoms with E-state index in [1.165, 1.54) is 47.0 Å². The van der Waals surface area contributed by atoms with Crippen molar-refractivity contribution in [3.05, 3.63) is 88.2 Å². The molecule has 1 aromatic heterocycles. The summed E-state index contributed by atoms with van der Waals surface area (Å²) in [4.78, 5) is 30.2. The van der Waals surface area contributed by atoms with Crippen LogP contribution in [0.4, 0.5) is 0 Å².